The highest BCUT2D eigenvalue weighted by Gasteiger charge is 2.18. The zero-order chi connectivity index (χ0) is 25.5. The third kappa shape index (κ3) is 5.75. The molecular formula is C27H27N5O3S. The minimum Gasteiger partial charge on any atom is -0.493 e. The number of carbonyl (C=O) groups excluding carboxylic acids is 1. The Bertz CT molecular complexity index is 1370. The largest absolute Gasteiger partial charge is 0.493 e. The summed E-state index contributed by atoms with van der Waals surface area (Å²) < 4.78 is 12.7. The molecule has 4 rings (SSSR count). The van der Waals surface area contributed by atoms with E-state index >= 15 is 0 Å². The lowest BCUT2D eigenvalue weighted by Crippen LogP contribution is -2.21. The first-order chi connectivity index (χ1) is 17.5. The van der Waals surface area contributed by atoms with E-state index in [1.54, 1.807) is 14.2 Å². The van der Waals surface area contributed by atoms with Crippen molar-refractivity contribution in [3.05, 3.63) is 83.9 Å². The quantitative estimate of drug-likeness (QED) is 0.199. The van der Waals surface area contributed by atoms with E-state index in [9.17, 15) is 4.79 Å². The van der Waals surface area contributed by atoms with Crippen LogP contribution in [-0.4, -0.2) is 46.4 Å². The summed E-state index contributed by atoms with van der Waals surface area (Å²) in [5.41, 5.74) is 7.17. The summed E-state index contributed by atoms with van der Waals surface area (Å²) in [5, 5.41) is 13.6. The molecule has 3 aromatic carbocycles. The lowest BCUT2D eigenvalue weighted by molar-refractivity contribution is -0.118. The minimum absolute atomic E-state index is 0.127. The van der Waals surface area contributed by atoms with E-state index < -0.39 is 0 Å². The molecule has 0 aliphatic heterocycles. The average molecular weight is 502 g/mol. The smallest absolute Gasteiger partial charge is 0.250 e. The second-order valence-electron chi connectivity index (χ2n) is 7.93. The molecule has 0 atom stereocenters. The first-order valence-electron chi connectivity index (χ1n) is 11.3. The number of amides is 1. The van der Waals surface area contributed by atoms with Crippen molar-refractivity contribution < 1.29 is 14.3 Å². The average Bonchev–Trinajstić information content (AvgIpc) is 3.35. The van der Waals surface area contributed by atoms with Crippen LogP contribution in [0, 0.1) is 6.92 Å². The van der Waals surface area contributed by atoms with Gasteiger partial charge in [0.25, 0.3) is 5.91 Å². The van der Waals surface area contributed by atoms with Gasteiger partial charge in [-0.15, -0.1) is 10.2 Å². The Morgan fingerprint density at radius 3 is 2.39 bits per heavy atom. The minimum atomic E-state index is -0.234. The topological polar surface area (TPSA) is 90.6 Å². The van der Waals surface area contributed by atoms with Crippen LogP contribution in [0.3, 0.4) is 0 Å². The molecule has 9 heteroatoms. The predicted octanol–water partition coefficient (Wildman–Crippen LogP) is 4.89. The molecule has 0 aliphatic rings. The summed E-state index contributed by atoms with van der Waals surface area (Å²) in [7, 11) is 3.18. The van der Waals surface area contributed by atoms with Crippen LogP contribution in [0.25, 0.3) is 17.1 Å². The van der Waals surface area contributed by atoms with Gasteiger partial charge < -0.3 is 9.47 Å². The van der Waals surface area contributed by atoms with Crippen LogP contribution in [0.15, 0.2) is 83.1 Å². The molecule has 1 aromatic heterocycles. The first kappa shape index (κ1) is 25.0. The van der Waals surface area contributed by atoms with Crippen LogP contribution >= 0.6 is 11.8 Å². The van der Waals surface area contributed by atoms with E-state index in [4.69, 9.17) is 9.47 Å². The molecule has 8 nitrogen and oxygen atoms in total. The van der Waals surface area contributed by atoms with Gasteiger partial charge in [0, 0.05) is 11.3 Å². The molecule has 36 heavy (non-hydrogen) atoms. The highest BCUT2D eigenvalue weighted by Crippen LogP contribution is 2.34. The van der Waals surface area contributed by atoms with Crippen molar-refractivity contribution in [3.63, 3.8) is 0 Å². The standard InChI is InChI=1S/C27H27N5O3S/c1-18-10-12-20(13-11-18)19(2)28-29-25(33)17-36-27-31-30-26(32(27)22-8-6-5-7-9-22)21-14-15-23(34-3)24(16-21)35-4/h5-16H,17H2,1-4H3,(H,29,33). The van der Waals surface area contributed by atoms with Crippen molar-refractivity contribution in [1.29, 1.82) is 0 Å². The fourth-order valence-electron chi connectivity index (χ4n) is 3.50. The van der Waals surface area contributed by atoms with Gasteiger partial charge in [0.15, 0.2) is 22.5 Å². The number of benzene rings is 3. The fourth-order valence-corrected chi connectivity index (χ4v) is 4.25. The number of nitrogens with zero attached hydrogens (tertiary/aromatic N) is 4. The van der Waals surface area contributed by atoms with Gasteiger partial charge >= 0.3 is 0 Å². The maximum absolute atomic E-state index is 12.6. The Balaban J connectivity index is 1.55. The number of aryl methyl sites for hydroxylation is 1. The number of aromatic nitrogens is 3. The van der Waals surface area contributed by atoms with E-state index in [2.05, 4.69) is 20.7 Å². The lowest BCUT2D eigenvalue weighted by atomic mass is 10.1. The Morgan fingerprint density at radius 2 is 1.69 bits per heavy atom. The molecule has 1 amide bonds. The van der Waals surface area contributed by atoms with Crippen molar-refractivity contribution >= 4 is 23.4 Å². The summed E-state index contributed by atoms with van der Waals surface area (Å²) >= 11 is 1.28. The molecular weight excluding hydrogens is 474 g/mol. The zero-order valence-electron chi connectivity index (χ0n) is 20.6. The monoisotopic (exact) mass is 501 g/mol. The summed E-state index contributed by atoms with van der Waals surface area (Å²) in [6.07, 6.45) is 0. The highest BCUT2D eigenvalue weighted by atomic mass is 32.2. The highest BCUT2D eigenvalue weighted by molar-refractivity contribution is 7.99. The molecule has 0 saturated heterocycles. The molecule has 0 spiro atoms. The van der Waals surface area contributed by atoms with E-state index in [-0.39, 0.29) is 11.7 Å². The van der Waals surface area contributed by atoms with Crippen LogP contribution in [0.4, 0.5) is 0 Å². The zero-order valence-corrected chi connectivity index (χ0v) is 21.4. The molecule has 0 radical (unpaired) electrons. The predicted molar refractivity (Wildman–Crippen MR) is 142 cm³/mol. The van der Waals surface area contributed by atoms with Gasteiger partial charge in [-0.1, -0.05) is 59.8 Å². The van der Waals surface area contributed by atoms with Gasteiger partial charge in [0.1, 0.15) is 0 Å². The Labute approximate surface area is 214 Å². The molecule has 0 bridgehead atoms. The van der Waals surface area contributed by atoms with Crippen molar-refractivity contribution in [2.24, 2.45) is 5.10 Å². The van der Waals surface area contributed by atoms with Crippen LogP contribution in [0.1, 0.15) is 18.1 Å². The van der Waals surface area contributed by atoms with E-state index in [0.717, 1.165) is 22.5 Å². The number of hydrazone groups is 1. The van der Waals surface area contributed by atoms with E-state index in [1.165, 1.54) is 17.3 Å². The van der Waals surface area contributed by atoms with Gasteiger partial charge in [-0.3, -0.25) is 9.36 Å². The molecule has 0 fully saturated rings. The Morgan fingerprint density at radius 1 is 0.972 bits per heavy atom. The first-order valence-corrected chi connectivity index (χ1v) is 12.2. The van der Waals surface area contributed by atoms with Crippen molar-refractivity contribution in [1.82, 2.24) is 20.2 Å². The number of para-hydroxylation sites is 1. The normalized spacial score (nSPS) is 11.3. The van der Waals surface area contributed by atoms with Gasteiger partial charge in [0.2, 0.25) is 0 Å². The second kappa shape index (κ2) is 11.5. The summed E-state index contributed by atoms with van der Waals surface area (Å²) in [4.78, 5) is 12.6. The van der Waals surface area contributed by atoms with Crippen LogP contribution in [0.2, 0.25) is 0 Å². The van der Waals surface area contributed by atoms with E-state index in [0.29, 0.717) is 22.5 Å². The SMILES string of the molecule is COc1ccc(-c2nnc(SCC(=O)NN=C(C)c3ccc(C)cc3)n2-c2ccccc2)cc1OC. The molecule has 4 aromatic rings. The number of thioether (sulfide) groups is 1. The molecule has 1 heterocycles. The van der Waals surface area contributed by atoms with Crippen molar-refractivity contribution in [3.8, 4) is 28.6 Å². The number of nitrogens with one attached hydrogen (secondary N) is 1. The third-order valence-electron chi connectivity index (χ3n) is 5.44. The van der Waals surface area contributed by atoms with Crippen molar-refractivity contribution in [2.75, 3.05) is 20.0 Å². The number of methoxy groups -OCH3 is 2. The third-order valence-corrected chi connectivity index (χ3v) is 6.37. The number of hydrogen-bond acceptors (Lipinski definition) is 7. The van der Waals surface area contributed by atoms with Gasteiger partial charge in [-0.05, 0) is 49.7 Å². The van der Waals surface area contributed by atoms with Gasteiger partial charge in [-0.25, -0.2) is 5.43 Å². The molecule has 0 unspecified atom stereocenters. The Hall–Kier alpha value is -4.11. The molecule has 1 N–H and O–H groups in total. The molecule has 184 valence electrons. The number of hydrogen-bond donors (Lipinski definition) is 1. The summed E-state index contributed by atoms with van der Waals surface area (Å²) in [5.74, 6) is 1.73. The maximum Gasteiger partial charge on any atom is 0.250 e. The van der Waals surface area contributed by atoms with Crippen LogP contribution < -0.4 is 14.9 Å². The molecule has 0 saturated carbocycles. The summed E-state index contributed by atoms with van der Waals surface area (Å²) in [6.45, 7) is 3.89. The molecule has 0 aliphatic carbocycles. The van der Waals surface area contributed by atoms with Gasteiger partial charge in [0.05, 0.1) is 25.7 Å². The van der Waals surface area contributed by atoms with Crippen molar-refractivity contribution in [2.45, 2.75) is 19.0 Å². The van der Waals surface area contributed by atoms with E-state index in [1.807, 2.05) is 91.2 Å². The Kier molecular flexibility index (Phi) is 8.02. The van der Waals surface area contributed by atoms with Gasteiger partial charge in [-0.2, -0.15) is 5.10 Å². The van der Waals surface area contributed by atoms with Crippen LogP contribution in [0.5, 0.6) is 11.5 Å². The number of ether oxygens (including phenoxy) is 2. The lowest BCUT2D eigenvalue weighted by Gasteiger charge is -2.12. The number of rotatable bonds is 9. The second-order valence-corrected chi connectivity index (χ2v) is 8.88. The summed E-state index contributed by atoms with van der Waals surface area (Å²) in [6, 6.07) is 23.3. The maximum atomic E-state index is 12.6. The van der Waals surface area contributed by atoms with Crippen LogP contribution in [-0.2, 0) is 4.79 Å². The fraction of sp³-hybridized carbons (Fsp3) is 0.185. The number of carbonyl (C=O) groups is 1.